The lowest BCUT2D eigenvalue weighted by Gasteiger charge is -2.22. The van der Waals surface area contributed by atoms with Crippen LogP contribution in [0.15, 0.2) is 54.1 Å². The molecule has 2 aliphatic rings. The SMILES string of the molecule is C=Cc1c(CCCOc2cccc3ccccc23)c2c3n1CCCCCCc1n[nH]c(C)c1C3=C(Cl)CC2. The number of aromatic nitrogens is 3. The molecule has 6 rings (SSSR count). The Hall–Kier alpha value is -3.24. The van der Waals surface area contributed by atoms with Crippen LogP contribution in [0.3, 0.4) is 0 Å². The molecule has 0 unspecified atom stereocenters. The Bertz CT molecular complexity index is 1520. The molecule has 5 heteroatoms. The summed E-state index contributed by atoms with van der Waals surface area (Å²) in [6.07, 6.45) is 11.6. The third kappa shape index (κ3) is 4.49. The van der Waals surface area contributed by atoms with Crippen LogP contribution in [0.1, 0.15) is 78.0 Å². The molecule has 0 atom stereocenters. The van der Waals surface area contributed by atoms with Crippen molar-refractivity contribution >= 4 is 34.0 Å². The molecule has 4 aromatic rings. The van der Waals surface area contributed by atoms with E-state index in [0.29, 0.717) is 6.61 Å². The Labute approximate surface area is 230 Å². The number of aryl methyl sites for hydroxylation is 2. The van der Waals surface area contributed by atoms with E-state index in [2.05, 4.69) is 71.7 Å². The topological polar surface area (TPSA) is 42.8 Å². The molecule has 3 heterocycles. The second-order valence-electron chi connectivity index (χ2n) is 10.6. The number of halogens is 1. The number of fused-ring (bicyclic) bond motifs is 3. The fourth-order valence-corrected chi connectivity index (χ4v) is 6.73. The number of hydrogen-bond donors (Lipinski definition) is 1. The lowest BCUT2D eigenvalue weighted by Crippen LogP contribution is -2.11. The van der Waals surface area contributed by atoms with Crippen LogP contribution in [0.25, 0.3) is 22.4 Å². The number of rotatable bonds is 6. The van der Waals surface area contributed by atoms with Crippen LogP contribution in [-0.4, -0.2) is 21.4 Å². The van der Waals surface area contributed by atoms with Crippen LogP contribution in [0, 0.1) is 6.92 Å². The van der Waals surface area contributed by atoms with Gasteiger partial charge in [-0.2, -0.15) is 5.10 Å². The van der Waals surface area contributed by atoms with Gasteiger partial charge in [0.1, 0.15) is 5.75 Å². The molecule has 196 valence electrons. The number of ether oxygens (including phenoxy) is 1. The zero-order valence-electron chi connectivity index (χ0n) is 22.3. The normalized spacial score (nSPS) is 15.6. The molecule has 0 amide bonds. The summed E-state index contributed by atoms with van der Waals surface area (Å²) in [7, 11) is 0. The van der Waals surface area contributed by atoms with Crippen molar-refractivity contribution in [1.29, 1.82) is 0 Å². The zero-order chi connectivity index (χ0) is 26.1. The molecule has 1 N–H and O–H groups in total. The first-order valence-electron chi connectivity index (χ1n) is 14.1. The fraction of sp³-hybridized carbons (Fsp3) is 0.364. The number of allylic oxidation sites excluding steroid dienone is 1. The van der Waals surface area contributed by atoms with E-state index in [1.807, 2.05) is 0 Å². The second-order valence-corrected chi connectivity index (χ2v) is 11.0. The minimum Gasteiger partial charge on any atom is -0.493 e. The van der Waals surface area contributed by atoms with E-state index < -0.39 is 0 Å². The first-order chi connectivity index (χ1) is 18.7. The maximum Gasteiger partial charge on any atom is 0.127 e. The number of aromatic amines is 1. The molecule has 1 aliphatic carbocycles. The quantitative estimate of drug-likeness (QED) is 0.257. The van der Waals surface area contributed by atoms with Crippen molar-refractivity contribution in [2.24, 2.45) is 0 Å². The monoisotopic (exact) mass is 525 g/mol. The van der Waals surface area contributed by atoms with Crippen molar-refractivity contribution < 1.29 is 4.74 Å². The Morgan fingerprint density at radius 2 is 1.89 bits per heavy atom. The molecule has 38 heavy (non-hydrogen) atoms. The van der Waals surface area contributed by atoms with E-state index in [9.17, 15) is 0 Å². The molecule has 4 nitrogen and oxygen atoms in total. The smallest absolute Gasteiger partial charge is 0.127 e. The minimum atomic E-state index is 0.680. The Morgan fingerprint density at radius 1 is 1.05 bits per heavy atom. The highest BCUT2D eigenvalue weighted by Crippen LogP contribution is 2.44. The van der Waals surface area contributed by atoms with Gasteiger partial charge < -0.3 is 9.30 Å². The minimum absolute atomic E-state index is 0.680. The summed E-state index contributed by atoms with van der Waals surface area (Å²) in [4.78, 5) is 0. The second kappa shape index (κ2) is 10.9. The lowest BCUT2D eigenvalue weighted by atomic mass is 9.87. The molecule has 2 aromatic carbocycles. The molecule has 0 radical (unpaired) electrons. The average molecular weight is 526 g/mol. The van der Waals surface area contributed by atoms with Crippen LogP contribution in [-0.2, 0) is 25.8 Å². The van der Waals surface area contributed by atoms with Crippen molar-refractivity contribution in [2.75, 3.05) is 6.61 Å². The molecule has 0 saturated carbocycles. The summed E-state index contributed by atoms with van der Waals surface area (Å²) in [5.74, 6) is 0.959. The van der Waals surface area contributed by atoms with Gasteiger partial charge in [0.25, 0.3) is 0 Å². The first-order valence-corrected chi connectivity index (χ1v) is 14.5. The number of hydrogen-bond acceptors (Lipinski definition) is 2. The summed E-state index contributed by atoms with van der Waals surface area (Å²) in [5.41, 5.74) is 10.1. The molecule has 0 bridgehead atoms. The Balaban J connectivity index is 1.34. The van der Waals surface area contributed by atoms with E-state index in [1.54, 1.807) is 0 Å². The summed E-state index contributed by atoms with van der Waals surface area (Å²) >= 11 is 7.06. The van der Waals surface area contributed by atoms with Crippen LogP contribution < -0.4 is 4.74 Å². The highest BCUT2D eigenvalue weighted by atomic mass is 35.5. The summed E-state index contributed by atoms with van der Waals surface area (Å²) in [6, 6.07) is 14.7. The van der Waals surface area contributed by atoms with Crippen LogP contribution >= 0.6 is 11.6 Å². The zero-order valence-corrected chi connectivity index (χ0v) is 23.0. The van der Waals surface area contributed by atoms with Crippen molar-refractivity contribution in [2.45, 2.75) is 71.3 Å². The van der Waals surface area contributed by atoms with Crippen molar-refractivity contribution in [3.05, 3.63) is 93.5 Å². The van der Waals surface area contributed by atoms with Gasteiger partial charge in [0.05, 0.1) is 18.0 Å². The van der Waals surface area contributed by atoms with E-state index in [0.717, 1.165) is 60.8 Å². The Morgan fingerprint density at radius 3 is 2.79 bits per heavy atom. The van der Waals surface area contributed by atoms with E-state index >= 15 is 0 Å². The first kappa shape index (κ1) is 25.1. The molecule has 1 aliphatic heterocycles. The molecular formula is C33H36ClN3O. The van der Waals surface area contributed by atoms with Gasteiger partial charge >= 0.3 is 0 Å². The van der Waals surface area contributed by atoms with Gasteiger partial charge in [-0.1, -0.05) is 67.4 Å². The maximum absolute atomic E-state index is 7.06. The van der Waals surface area contributed by atoms with Crippen LogP contribution in [0.5, 0.6) is 5.75 Å². The van der Waals surface area contributed by atoms with Gasteiger partial charge in [-0.05, 0) is 80.5 Å². The molecule has 0 saturated heterocycles. The van der Waals surface area contributed by atoms with Gasteiger partial charge in [0, 0.05) is 39.5 Å². The van der Waals surface area contributed by atoms with Crippen molar-refractivity contribution in [3.63, 3.8) is 0 Å². The maximum atomic E-state index is 7.06. The lowest BCUT2D eigenvalue weighted by molar-refractivity contribution is 0.314. The molecule has 0 spiro atoms. The molecule has 2 aromatic heterocycles. The van der Waals surface area contributed by atoms with Gasteiger partial charge in [-0.25, -0.2) is 0 Å². The number of benzene rings is 2. The van der Waals surface area contributed by atoms with Crippen LogP contribution in [0.4, 0.5) is 0 Å². The molecular weight excluding hydrogens is 490 g/mol. The summed E-state index contributed by atoms with van der Waals surface area (Å²) in [6.45, 7) is 8.07. The number of H-pyrrole nitrogens is 1. The van der Waals surface area contributed by atoms with E-state index in [-0.39, 0.29) is 0 Å². The van der Waals surface area contributed by atoms with Crippen molar-refractivity contribution in [1.82, 2.24) is 14.8 Å². The summed E-state index contributed by atoms with van der Waals surface area (Å²) < 4.78 is 8.82. The summed E-state index contributed by atoms with van der Waals surface area (Å²) in [5, 5.41) is 11.3. The predicted molar refractivity (Wildman–Crippen MR) is 158 cm³/mol. The van der Waals surface area contributed by atoms with Gasteiger partial charge in [-0.15, -0.1) is 0 Å². The van der Waals surface area contributed by atoms with E-state index in [4.69, 9.17) is 21.4 Å². The Kier molecular flexibility index (Phi) is 7.16. The van der Waals surface area contributed by atoms with Gasteiger partial charge in [0.2, 0.25) is 0 Å². The van der Waals surface area contributed by atoms with Gasteiger partial charge in [0.15, 0.2) is 0 Å². The average Bonchev–Trinajstić information content (AvgIpc) is 3.43. The van der Waals surface area contributed by atoms with Crippen LogP contribution in [0.2, 0.25) is 0 Å². The third-order valence-electron chi connectivity index (χ3n) is 8.21. The molecule has 0 fully saturated rings. The number of nitrogens with zero attached hydrogens (tertiary/aromatic N) is 2. The third-order valence-corrected chi connectivity index (χ3v) is 8.59. The van der Waals surface area contributed by atoms with E-state index in [1.165, 1.54) is 70.1 Å². The highest BCUT2D eigenvalue weighted by molar-refractivity contribution is 6.33. The highest BCUT2D eigenvalue weighted by Gasteiger charge is 2.31. The predicted octanol–water partition coefficient (Wildman–Crippen LogP) is 8.39. The standard InChI is InChI=1S/C33H36ClN3O/c1-3-29-25(15-11-21-38-30-17-10-13-23-12-7-8-14-24(23)30)26-18-19-27(34)32-31-22(2)35-36-28(31)16-6-4-5-9-20-37(29)33(26)32/h3,7-8,10,12-14,17H,1,4-6,9,11,15-16,18-21H2,2H3,(H,35,36). The van der Waals surface area contributed by atoms with Crippen molar-refractivity contribution in [3.8, 4) is 5.75 Å². The van der Waals surface area contributed by atoms with Gasteiger partial charge in [-0.3, -0.25) is 5.10 Å². The number of nitrogens with one attached hydrogen (secondary N) is 1. The fourth-order valence-electron chi connectivity index (χ4n) is 6.45. The largest absolute Gasteiger partial charge is 0.493 e.